The molecule has 0 unspecified atom stereocenters. The molecule has 0 atom stereocenters. The number of carbonyl (C=O) groups excluding carboxylic acids is 3. The number of hydrogen-bond donors (Lipinski definition) is 0. The highest BCUT2D eigenvalue weighted by molar-refractivity contribution is 8.01. The Morgan fingerprint density at radius 2 is 1.39 bits per heavy atom. The van der Waals surface area contributed by atoms with E-state index in [9.17, 15) is 14.4 Å². The number of thioether (sulfide) groups is 2. The zero-order chi connectivity index (χ0) is 20.8. The molecule has 0 spiro atoms. The smallest absolute Gasteiger partial charge is 0.308 e. The van der Waals surface area contributed by atoms with Crippen molar-refractivity contribution in [1.29, 1.82) is 0 Å². The normalized spacial score (nSPS) is 10.3. The second-order valence-electron chi connectivity index (χ2n) is 5.54. The lowest BCUT2D eigenvalue weighted by molar-refractivity contribution is -0.135. The third-order valence-electron chi connectivity index (χ3n) is 3.41. The first-order chi connectivity index (χ1) is 13.3. The minimum atomic E-state index is -0.640. The number of rotatable bonds is 6. The fourth-order valence-electron chi connectivity index (χ4n) is 2.48. The number of carbonyl (C=O) groups is 3. The number of benzene rings is 2. The highest BCUT2D eigenvalue weighted by Crippen LogP contribution is 2.45. The van der Waals surface area contributed by atoms with Crippen molar-refractivity contribution in [2.24, 2.45) is 0 Å². The van der Waals surface area contributed by atoms with Crippen LogP contribution >= 0.6 is 23.5 Å². The predicted molar refractivity (Wildman–Crippen MR) is 108 cm³/mol. The summed E-state index contributed by atoms with van der Waals surface area (Å²) in [6.07, 6.45) is 3.90. The molecule has 0 fully saturated rings. The SMILES string of the molecule is CSc1[c]ccc(-c2cc(OC(C)=O)c(OC(C)=O)c(OC(C)=O)c2)c1SC. The molecule has 0 aliphatic rings. The molecular formula is C20H19O6S2. The molecule has 147 valence electrons. The highest BCUT2D eigenvalue weighted by atomic mass is 32.2. The molecule has 6 nitrogen and oxygen atoms in total. The lowest BCUT2D eigenvalue weighted by atomic mass is 10.0. The average molecular weight is 420 g/mol. The monoisotopic (exact) mass is 419 g/mol. The second-order valence-corrected chi connectivity index (χ2v) is 7.17. The van der Waals surface area contributed by atoms with Crippen molar-refractivity contribution in [3.8, 4) is 28.4 Å². The van der Waals surface area contributed by atoms with Crippen LogP contribution in [0.3, 0.4) is 0 Å². The van der Waals surface area contributed by atoms with Gasteiger partial charge in [0.05, 0.1) is 0 Å². The fraction of sp³-hybridized carbons (Fsp3) is 0.250. The molecule has 0 aliphatic carbocycles. The van der Waals surface area contributed by atoms with Crippen LogP contribution in [0.15, 0.2) is 34.1 Å². The zero-order valence-corrected chi connectivity index (χ0v) is 17.7. The van der Waals surface area contributed by atoms with Gasteiger partial charge in [-0.15, -0.1) is 23.5 Å². The molecule has 0 bridgehead atoms. The van der Waals surface area contributed by atoms with Crippen molar-refractivity contribution >= 4 is 41.4 Å². The third kappa shape index (κ3) is 5.30. The highest BCUT2D eigenvalue weighted by Gasteiger charge is 2.22. The standard InChI is InChI=1S/C20H19O6S2/c1-11(21)24-16-9-14(15-7-6-8-18(27-4)20(15)28-5)10-17(25-12(2)22)19(16)26-13(3)23/h6-7,9-10H,1-5H3. The maximum absolute atomic E-state index is 11.6. The minimum absolute atomic E-state index is 0.0120. The van der Waals surface area contributed by atoms with Crippen molar-refractivity contribution in [2.75, 3.05) is 12.5 Å². The lowest BCUT2D eigenvalue weighted by Crippen LogP contribution is -2.11. The maximum atomic E-state index is 11.6. The van der Waals surface area contributed by atoms with Crippen LogP contribution in [0.4, 0.5) is 0 Å². The topological polar surface area (TPSA) is 78.9 Å². The van der Waals surface area contributed by atoms with Crippen LogP contribution in [0.1, 0.15) is 20.8 Å². The molecule has 2 aromatic carbocycles. The van der Waals surface area contributed by atoms with Gasteiger partial charge in [0.2, 0.25) is 5.75 Å². The molecule has 0 heterocycles. The number of hydrogen-bond acceptors (Lipinski definition) is 8. The van der Waals surface area contributed by atoms with Crippen LogP contribution < -0.4 is 14.2 Å². The van der Waals surface area contributed by atoms with Crippen LogP contribution in [-0.2, 0) is 14.4 Å². The van der Waals surface area contributed by atoms with Crippen LogP contribution in [0.2, 0.25) is 0 Å². The average Bonchev–Trinajstić information content (AvgIpc) is 2.62. The van der Waals surface area contributed by atoms with Crippen LogP contribution in [0.5, 0.6) is 17.2 Å². The van der Waals surface area contributed by atoms with Crippen LogP contribution in [0, 0.1) is 6.07 Å². The Morgan fingerprint density at radius 1 is 0.857 bits per heavy atom. The fourth-order valence-corrected chi connectivity index (χ4v) is 4.11. The van der Waals surface area contributed by atoms with Gasteiger partial charge in [0.25, 0.3) is 0 Å². The summed E-state index contributed by atoms with van der Waals surface area (Å²) >= 11 is 3.10. The summed E-state index contributed by atoms with van der Waals surface area (Å²) < 4.78 is 15.6. The first kappa shape index (κ1) is 21.8. The Morgan fingerprint density at radius 3 is 1.82 bits per heavy atom. The van der Waals surface area contributed by atoms with Crippen molar-refractivity contribution in [2.45, 2.75) is 30.6 Å². The quantitative estimate of drug-likeness (QED) is 0.388. The van der Waals surface area contributed by atoms with Gasteiger partial charge in [-0.2, -0.15) is 0 Å². The molecule has 0 saturated carbocycles. The molecule has 0 aliphatic heterocycles. The van der Waals surface area contributed by atoms with E-state index in [-0.39, 0.29) is 17.2 Å². The summed E-state index contributed by atoms with van der Waals surface area (Å²) in [5.74, 6) is -1.99. The molecule has 1 radical (unpaired) electrons. The summed E-state index contributed by atoms with van der Waals surface area (Å²) in [7, 11) is 0. The van der Waals surface area contributed by atoms with Crippen LogP contribution in [-0.4, -0.2) is 30.4 Å². The zero-order valence-electron chi connectivity index (χ0n) is 16.1. The maximum Gasteiger partial charge on any atom is 0.308 e. The largest absolute Gasteiger partial charge is 0.423 e. The van der Waals surface area contributed by atoms with E-state index < -0.39 is 17.9 Å². The van der Waals surface area contributed by atoms with E-state index in [2.05, 4.69) is 6.07 Å². The number of esters is 3. The predicted octanol–water partition coefficient (Wildman–Crippen LogP) is 4.37. The van der Waals surface area contributed by atoms with E-state index in [4.69, 9.17) is 14.2 Å². The summed E-state index contributed by atoms with van der Waals surface area (Å²) in [6, 6.07) is 9.98. The van der Waals surface area contributed by atoms with Gasteiger partial charge in [-0.25, -0.2) is 0 Å². The van der Waals surface area contributed by atoms with Gasteiger partial charge in [0.15, 0.2) is 11.5 Å². The molecule has 0 amide bonds. The lowest BCUT2D eigenvalue weighted by Gasteiger charge is -2.17. The molecule has 0 aromatic heterocycles. The Bertz CT molecular complexity index is 886. The molecule has 28 heavy (non-hydrogen) atoms. The third-order valence-corrected chi connectivity index (χ3v) is 5.10. The molecular weight excluding hydrogens is 400 g/mol. The summed E-state index contributed by atoms with van der Waals surface area (Å²) in [5, 5.41) is 0. The van der Waals surface area contributed by atoms with Gasteiger partial charge < -0.3 is 14.2 Å². The van der Waals surface area contributed by atoms with Gasteiger partial charge in [-0.3, -0.25) is 14.4 Å². The minimum Gasteiger partial charge on any atom is -0.423 e. The first-order valence-electron chi connectivity index (χ1n) is 8.13. The van der Waals surface area contributed by atoms with Crippen molar-refractivity contribution in [3.05, 3.63) is 30.3 Å². The van der Waals surface area contributed by atoms with E-state index in [1.807, 2.05) is 18.6 Å². The van der Waals surface area contributed by atoms with Gasteiger partial charge in [-0.05, 0) is 41.8 Å². The summed E-state index contributed by atoms with van der Waals surface area (Å²) in [4.78, 5) is 36.6. The van der Waals surface area contributed by atoms with E-state index in [0.29, 0.717) is 5.56 Å². The Kier molecular flexibility index (Phi) is 7.53. The Hall–Kier alpha value is -2.45. The summed E-state index contributed by atoms with van der Waals surface area (Å²) in [6.45, 7) is 3.66. The van der Waals surface area contributed by atoms with E-state index in [1.54, 1.807) is 41.7 Å². The summed E-state index contributed by atoms with van der Waals surface area (Å²) in [5.41, 5.74) is 1.48. The van der Waals surface area contributed by atoms with E-state index in [1.165, 1.54) is 20.8 Å². The van der Waals surface area contributed by atoms with E-state index in [0.717, 1.165) is 15.4 Å². The first-order valence-corrected chi connectivity index (χ1v) is 10.6. The van der Waals surface area contributed by atoms with Gasteiger partial charge in [0, 0.05) is 30.6 Å². The molecule has 2 aromatic rings. The van der Waals surface area contributed by atoms with Gasteiger partial charge >= 0.3 is 17.9 Å². The Labute approximate surface area is 171 Å². The molecule has 0 N–H and O–H groups in total. The van der Waals surface area contributed by atoms with Crippen molar-refractivity contribution in [3.63, 3.8) is 0 Å². The van der Waals surface area contributed by atoms with Gasteiger partial charge in [0.1, 0.15) is 0 Å². The van der Waals surface area contributed by atoms with Gasteiger partial charge in [-0.1, -0.05) is 12.1 Å². The van der Waals surface area contributed by atoms with Crippen molar-refractivity contribution < 1.29 is 28.6 Å². The molecule has 2 rings (SSSR count). The molecule has 0 saturated heterocycles. The van der Waals surface area contributed by atoms with Crippen LogP contribution in [0.25, 0.3) is 11.1 Å². The second kappa shape index (κ2) is 9.66. The van der Waals surface area contributed by atoms with E-state index >= 15 is 0 Å². The van der Waals surface area contributed by atoms with Crippen molar-refractivity contribution in [1.82, 2.24) is 0 Å². The molecule has 8 heteroatoms. The Balaban J connectivity index is 2.77. The number of ether oxygens (including phenoxy) is 3.